The molecule has 1 heterocycles. The van der Waals surface area contributed by atoms with Gasteiger partial charge in [0, 0.05) is 18.1 Å². The van der Waals surface area contributed by atoms with Crippen molar-refractivity contribution in [3.63, 3.8) is 0 Å². The Hall–Kier alpha value is -1.92. The molecule has 6 heteroatoms. The number of hydrogen-bond donors (Lipinski definition) is 2. The first-order valence-electron chi connectivity index (χ1n) is 6.16. The third kappa shape index (κ3) is 4.32. The molecule has 2 rings (SSSR count). The lowest BCUT2D eigenvalue weighted by Gasteiger charge is -2.03. The Morgan fingerprint density at radius 3 is 2.40 bits per heavy atom. The topological polar surface area (TPSA) is 80.9 Å². The predicted octanol–water partition coefficient (Wildman–Crippen LogP) is 1.61. The van der Waals surface area contributed by atoms with E-state index in [1.807, 2.05) is 43.6 Å². The van der Waals surface area contributed by atoms with Crippen LogP contribution in [0.5, 0.6) is 0 Å². The van der Waals surface area contributed by atoms with Crippen molar-refractivity contribution in [1.29, 1.82) is 0 Å². The SMILES string of the molecule is Cc1cnc(SCc2ccc(CC(=O)NN)cc2)nc1. The van der Waals surface area contributed by atoms with Gasteiger partial charge >= 0.3 is 0 Å². The molecule has 104 valence electrons. The fourth-order valence-electron chi connectivity index (χ4n) is 1.59. The first-order chi connectivity index (χ1) is 9.67. The summed E-state index contributed by atoms with van der Waals surface area (Å²) in [4.78, 5) is 19.6. The van der Waals surface area contributed by atoms with Gasteiger partial charge in [0.1, 0.15) is 0 Å². The standard InChI is InChI=1S/C14H16N4OS/c1-10-7-16-14(17-8-10)20-9-12-4-2-11(3-5-12)6-13(19)18-15/h2-5,7-8H,6,9,15H2,1H3,(H,18,19). The second-order valence-electron chi connectivity index (χ2n) is 4.39. The molecular weight excluding hydrogens is 272 g/mol. The summed E-state index contributed by atoms with van der Waals surface area (Å²) in [6, 6.07) is 7.86. The molecular formula is C14H16N4OS. The van der Waals surface area contributed by atoms with E-state index in [4.69, 9.17) is 5.84 Å². The van der Waals surface area contributed by atoms with Crippen molar-refractivity contribution in [3.8, 4) is 0 Å². The van der Waals surface area contributed by atoms with Crippen LogP contribution in [0.3, 0.4) is 0 Å². The van der Waals surface area contributed by atoms with Crippen LogP contribution in [-0.4, -0.2) is 15.9 Å². The van der Waals surface area contributed by atoms with Crippen LogP contribution in [0.25, 0.3) is 0 Å². The molecule has 3 N–H and O–H groups in total. The molecule has 0 spiro atoms. The number of aryl methyl sites for hydroxylation is 1. The Morgan fingerprint density at radius 1 is 1.20 bits per heavy atom. The number of aromatic nitrogens is 2. The summed E-state index contributed by atoms with van der Waals surface area (Å²) in [6.45, 7) is 1.96. The van der Waals surface area contributed by atoms with Gasteiger partial charge in [-0.3, -0.25) is 10.2 Å². The first-order valence-corrected chi connectivity index (χ1v) is 7.14. The maximum Gasteiger partial charge on any atom is 0.238 e. The highest BCUT2D eigenvalue weighted by Crippen LogP contribution is 2.19. The van der Waals surface area contributed by atoms with Gasteiger partial charge in [-0.1, -0.05) is 36.0 Å². The Kier molecular flexibility index (Phi) is 5.09. The summed E-state index contributed by atoms with van der Waals surface area (Å²) >= 11 is 1.58. The van der Waals surface area contributed by atoms with E-state index in [2.05, 4.69) is 15.4 Å². The van der Waals surface area contributed by atoms with Crippen LogP contribution in [-0.2, 0) is 17.0 Å². The normalized spacial score (nSPS) is 10.3. The number of hydrogen-bond acceptors (Lipinski definition) is 5. The van der Waals surface area contributed by atoms with Crippen molar-refractivity contribution in [1.82, 2.24) is 15.4 Å². The number of benzene rings is 1. The van der Waals surface area contributed by atoms with E-state index in [-0.39, 0.29) is 5.91 Å². The number of nitrogens with one attached hydrogen (secondary N) is 1. The van der Waals surface area contributed by atoms with Crippen LogP contribution < -0.4 is 11.3 Å². The molecule has 0 aliphatic heterocycles. The Balaban J connectivity index is 1.90. The Labute approximate surface area is 122 Å². The van der Waals surface area contributed by atoms with Crippen molar-refractivity contribution in [2.45, 2.75) is 24.3 Å². The molecule has 0 saturated heterocycles. The number of carbonyl (C=O) groups is 1. The zero-order valence-corrected chi connectivity index (χ0v) is 12.0. The van der Waals surface area contributed by atoms with Crippen molar-refractivity contribution in [2.24, 2.45) is 5.84 Å². The van der Waals surface area contributed by atoms with E-state index in [1.54, 1.807) is 11.8 Å². The number of thioether (sulfide) groups is 1. The molecule has 0 atom stereocenters. The fraction of sp³-hybridized carbons (Fsp3) is 0.214. The fourth-order valence-corrected chi connectivity index (χ4v) is 2.34. The lowest BCUT2D eigenvalue weighted by atomic mass is 10.1. The van der Waals surface area contributed by atoms with Crippen LogP contribution in [0.2, 0.25) is 0 Å². The van der Waals surface area contributed by atoms with Crippen molar-refractivity contribution in [3.05, 3.63) is 53.3 Å². The Bertz CT molecular complexity index is 569. The van der Waals surface area contributed by atoms with Gasteiger partial charge in [0.25, 0.3) is 0 Å². The van der Waals surface area contributed by atoms with Crippen LogP contribution in [0, 0.1) is 6.92 Å². The monoisotopic (exact) mass is 288 g/mol. The summed E-state index contributed by atoms with van der Waals surface area (Å²) < 4.78 is 0. The summed E-state index contributed by atoms with van der Waals surface area (Å²) in [6.07, 6.45) is 3.92. The van der Waals surface area contributed by atoms with Gasteiger partial charge < -0.3 is 0 Å². The van der Waals surface area contributed by atoms with E-state index in [0.717, 1.165) is 27.6 Å². The van der Waals surface area contributed by atoms with Gasteiger partial charge in [0.05, 0.1) is 6.42 Å². The highest BCUT2D eigenvalue weighted by atomic mass is 32.2. The van der Waals surface area contributed by atoms with Crippen LogP contribution in [0.15, 0.2) is 41.8 Å². The lowest BCUT2D eigenvalue weighted by Crippen LogP contribution is -2.31. The van der Waals surface area contributed by atoms with Crippen molar-refractivity contribution >= 4 is 17.7 Å². The zero-order chi connectivity index (χ0) is 14.4. The molecule has 5 nitrogen and oxygen atoms in total. The molecule has 0 bridgehead atoms. The summed E-state index contributed by atoms with van der Waals surface area (Å²) in [5.41, 5.74) is 5.27. The predicted molar refractivity (Wildman–Crippen MR) is 78.8 cm³/mol. The molecule has 0 fully saturated rings. The van der Waals surface area contributed by atoms with Crippen LogP contribution in [0.4, 0.5) is 0 Å². The average molecular weight is 288 g/mol. The maximum atomic E-state index is 11.1. The molecule has 0 aliphatic rings. The molecule has 0 aliphatic carbocycles. The minimum Gasteiger partial charge on any atom is -0.294 e. The van der Waals surface area contributed by atoms with Crippen molar-refractivity contribution < 1.29 is 4.79 Å². The molecule has 1 aromatic heterocycles. The number of nitrogens with zero attached hydrogens (tertiary/aromatic N) is 2. The molecule has 1 aromatic carbocycles. The molecule has 0 saturated carbocycles. The third-order valence-electron chi connectivity index (χ3n) is 2.67. The average Bonchev–Trinajstić information content (AvgIpc) is 2.48. The highest BCUT2D eigenvalue weighted by molar-refractivity contribution is 7.98. The highest BCUT2D eigenvalue weighted by Gasteiger charge is 2.02. The minimum atomic E-state index is -0.194. The van der Waals surface area contributed by atoms with Gasteiger partial charge in [-0.05, 0) is 23.6 Å². The van der Waals surface area contributed by atoms with Gasteiger partial charge in [0.2, 0.25) is 5.91 Å². The smallest absolute Gasteiger partial charge is 0.238 e. The summed E-state index contributed by atoms with van der Waals surface area (Å²) in [7, 11) is 0. The van der Waals surface area contributed by atoms with E-state index >= 15 is 0 Å². The minimum absolute atomic E-state index is 0.194. The van der Waals surface area contributed by atoms with Gasteiger partial charge in [-0.15, -0.1) is 0 Å². The number of carbonyl (C=O) groups excluding carboxylic acids is 1. The van der Waals surface area contributed by atoms with E-state index in [1.165, 1.54) is 0 Å². The molecule has 0 radical (unpaired) electrons. The van der Waals surface area contributed by atoms with E-state index in [9.17, 15) is 4.79 Å². The van der Waals surface area contributed by atoms with E-state index < -0.39 is 0 Å². The van der Waals surface area contributed by atoms with Crippen molar-refractivity contribution in [2.75, 3.05) is 0 Å². The largest absolute Gasteiger partial charge is 0.294 e. The first kappa shape index (κ1) is 14.5. The maximum absolute atomic E-state index is 11.1. The van der Waals surface area contributed by atoms with Crippen LogP contribution >= 0.6 is 11.8 Å². The molecule has 0 unspecified atom stereocenters. The third-order valence-corrected chi connectivity index (χ3v) is 3.62. The number of amides is 1. The van der Waals surface area contributed by atoms with Gasteiger partial charge in [-0.25, -0.2) is 15.8 Å². The van der Waals surface area contributed by atoms with E-state index in [0.29, 0.717) is 6.42 Å². The number of rotatable bonds is 5. The summed E-state index contributed by atoms with van der Waals surface area (Å²) in [5, 5.41) is 0.766. The second-order valence-corrected chi connectivity index (χ2v) is 5.33. The zero-order valence-electron chi connectivity index (χ0n) is 11.2. The van der Waals surface area contributed by atoms with Gasteiger partial charge in [-0.2, -0.15) is 0 Å². The number of nitrogens with two attached hydrogens (primary N) is 1. The molecule has 20 heavy (non-hydrogen) atoms. The molecule has 1 amide bonds. The lowest BCUT2D eigenvalue weighted by molar-refractivity contribution is -0.120. The quantitative estimate of drug-likeness (QED) is 0.287. The molecule has 2 aromatic rings. The second kappa shape index (κ2) is 7.02. The van der Waals surface area contributed by atoms with Gasteiger partial charge in [0.15, 0.2) is 5.16 Å². The number of hydrazine groups is 1. The summed E-state index contributed by atoms with van der Waals surface area (Å²) in [5.74, 6) is 5.66. The van der Waals surface area contributed by atoms with Crippen LogP contribution in [0.1, 0.15) is 16.7 Å². The Morgan fingerprint density at radius 2 is 1.80 bits per heavy atom.